The standard InChI is InChI=1S/C10H18OS/c1-9-3-5-10(6-4-9)11-7-2-8-12-10/h9H,2-8H2,1H3. The molecular formula is C10H18OS. The summed E-state index contributed by atoms with van der Waals surface area (Å²) in [7, 11) is 0. The molecule has 0 atom stereocenters. The van der Waals surface area contributed by atoms with Crippen molar-refractivity contribution in [1.29, 1.82) is 0 Å². The van der Waals surface area contributed by atoms with Crippen LogP contribution in [0.5, 0.6) is 0 Å². The van der Waals surface area contributed by atoms with Crippen LogP contribution in [0.1, 0.15) is 39.0 Å². The molecule has 12 heavy (non-hydrogen) atoms. The molecule has 0 N–H and O–H groups in total. The Labute approximate surface area is 79.2 Å². The van der Waals surface area contributed by atoms with Crippen molar-refractivity contribution in [2.75, 3.05) is 12.4 Å². The van der Waals surface area contributed by atoms with E-state index >= 15 is 0 Å². The molecule has 2 fully saturated rings. The summed E-state index contributed by atoms with van der Waals surface area (Å²) < 4.78 is 5.92. The van der Waals surface area contributed by atoms with E-state index in [9.17, 15) is 0 Å². The zero-order valence-corrected chi connectivity index (χ0v) is 8.66. The fourth-order valence-electron chi connectivity index (χ4n) is 2.11. The summed E-state index contributed by atoms with van der Waals surface area (Å²) in [5, 5.41) is 0. The third-order valence-electron chi connectivity index (χ3n) is 3.05. The van der Waals surface area contributed by atoms with E-state index in [2.05, 4.69) is 18.7 Å². The first kappa shape index (κ1) is 8.89. The van der Waals surface area contributed by atoms with Gasteiger partial charge >= 0.3 is 0 Å². The molecule has 1 saturated carbocycles. The minimum absolute atomic E-state index is 0.255. The van der Waals surface area contributed by atoms with Gasteiger partial charge in [0.25, 0.3) is 0 Å². The van der Waals surface area contributed by atoms with Gasteiger partial charge in [0.2, 0.25) is 0 Å². The predicted octanol–water partition coefficient (Wildman–Crippen LogP) is 3.05. The Hall–Kier alpha value is 0.310. The minimum atomic E-state index is 0.255. The molecule has 0 aromatic rings. The van der Waals surface area contributed by atoms with Gasteiger partial charge in [0.05, 0.1) is 0 Å². The lowest BCUT2D eigenvalue weighted by molar-refractivity contribution is -0.0133. The fraction of sp³-hybridized carbons (Fsp3) is 1.00. The van der Waals surface area contributed by atoms with Crippen LogP contribution in [-0.4, -0.2) is 17.3 Å². The summed E-state index contributed by atoms with van der Waals surface area (Å²) >= 11 is 2.07. The van der Waals surface area contributed by atoms with E-state index in [0.29, 0.717) is 0 Å². The van der Waals surface area contributed by atoms with E-state index in [0.717, 1.165) is 12.5 Å². The lowest BCUT2D eigenvalue weighted by Crippen LogP contribution is -2.36. The zero-order valence-electron chi connectivity index (χ0n) is 7.84. The molecule has 1 nitrogen and oxygen atoms in total. The number of thioether (sulfide) groups is 1. The second kappa shape index (κ2) is 3.59. The van der Waals surface area contributed by atoms with Crippen LogP contribution in [0.25, 0.3) is 0 Å². The van der Waals surface area contributed by atoms with E-state index in [1.165, 1.54) is 37.9 Å². The molecule has 0 radical (unpaired) electrons. The molecule has 0 amide bonds. The molecule has 2 rings (SSSR count). The van der Waals surface area contributed by atoms with Gasteiger partial charge in [0, 0.05) is 6.61 Å². The first-order valence-corrected chi connectivity index (χ1v) is 6.07. The van der Waals surface area contributed by atoms with Gasteiger partial charge in [-0.2, -0.15) is 0 Å². The Morgan fingerprint density at radius 1 is 1.33 bits per heavy atom. The van der Waals surface area contributed by atoms with Crippen LogP contribution >= 0.6 is 11.8 Å². The maximum absolute atomic E-state index is 5.92. The predicted molar refractivity (Wildman–Crippen MR) is 53.4 cm³/mol. The molecule has 0 unspecified atom stereocenters. The van der Waals surface area contributed by atoms with Crippen molar-refractivity contribution in [3.8, 4) is 0 Å². The lowest BCUT2D eigenvalue weighted by atomic mass is 9.88. The largest absolute Gasteiger partial charge is 0.364 e. The molecular weight excluding hydrogens is 168 g/mol. The summed E-state index contributed by atoms with van der Waals surface area (Å²) in [6.07, 6.45) is 6.57. The van der Waals surface area contributed by atoms with E-state index in [-0.39, 0.29) is 4.93 Å². The fourth-order valence-corrected chi connectivity index (χ4v) is 3.43. The van der Waals surface area contributed by atoms with Crippen LogP contribution in [0.4, 0.5) is 0 Å². The number of ether oxygens (including phenoxy) is 1. The molecule has 2 heteroatoms. The average molecular weight is 186 g/mol. The van der Waals surface area contributed by atoms with Crippen molar-refractivity contribution >= 4 is 11.8 Å². The Morgan fingerprint density at radius 3 is 2.67 bits per heavy atom. The summed E-state index contributed by atoms with van der Waals surface area (Å²) in [6.45, 7) is 3.36. The van der Waals surface area contributed by atoms with Crippen molar-refractivity contribution in [3.05, 3.63) is 0 Å². The van der Waals surface area contributed by atoms with Gasteiger partial charge in [-0.3, -0.25) is 0 Å². The molecule has 0 bridgehead atoms. The third kappa shape index (κ3) is 1.80. The molecule has 2 aliphatic rings. The summed E-state index contributed by atoms with van der Waals surface area (Å²) in [6, 6.07) is 0. The van der Waals surface area contributed by atoms with E-state index < -0.39 is 0 Å². The zero-order chi connectivity index (χ0) is 8.44. The Morgan fingerprint density at radius 2 is 2.08 bits per heavy atom. The summed E-state index contributed by atoms with van der Waals surface area (Å²) in [5.41, 5.74) is 0. The van der Waals surface area contributed by atoms with Crippen LogP contribution in [-0.2, 0) is 4.74 Å². The van der Waals surface area contributed by atoms with Gasteiger partial charge in [0.1, 0.15) is 4.93 Å². The summed E-state index contributed by atoms with van der Waals surface area (Å²) in [5.74, 6) is 2.25. The number of hydrogen-bond acceptors (Lipinski definition) is 2. The second-order valence-electron chi connectivity index (χ2n) is 4.14. The third-order valence-corrected chi connectivity index (χ3v) is 4.60. The average Bonchev–Trinajstić information content (AvgIpc) is 2.13. The smallest absolute Gasteiger partial charge is 0.113 e. The van der Waals surface area contributed by atoms with Crippen LogP contribution in [0.2, 0.25) is 0 Å². The first-order valence-electron chi connectivity index (χ1n) is 5.09. The van der Waals surface area contributed by atoms with Gasteiger partial charge in [0.15, 0.2) is 0 Å². The number of rotatable bonds is 0. The Balaban J connectivity index is 1.92. The number of hydrogen-bond donors (Lipinski definition) is 0. The first-order chi connectivity index (χ1) is 5.81. The molecule has 0 aromatic heterocycles. The van der Waals surface area contributed by atoms with Gasteiger partial charge in [-0.25, -0.2) is 0 Å². The molecule has 1 saturated heterocycles. The SMILES string of the molecule is CC1CCC2(CC1)OCCCS2. The van der Waals surface area contributed by atoms with E-state index in [4.69, 9.17) is 4.74 Å². The van der Waals surface area contributed by atoms with E-state index in [1.54, 1.807) is 0 Å². The van der Waals surface area contributed by atoms with Gasteiger partial charge < -0.3 is 4.74 Å². The highest BCUT2D eigenvalue weighted by Gasteiger charge is 2.36. The maximum atomic E-state index is 5.92. The van der Waals surface area contributed by atoms with E-state index in [1.807, 2.05) is 0 Å². The molecule has 1 spiro atoms. The molecule has 70 valence electrons. The van der Waals surface area contributed by atoms with Gasteiger partial charge in [-0.05, 0) is 43.8 Å². The quantitative estimate of drug-likeness (QED) is 0.575. The molecule has 1 heterocycles. The Bertz CT molecular complexity index is 142. The highest BCUT2D eigenvalue weighted by molar-refractivity contribution is 8.00. The van der Waals surface area contributed by atoms with Crippen molar-refractivity contribution < 1.29 is 4.74 Å². The Kier molecular flexibility index (Phi) is 2.66. The molecule has 1 aliphatic heterocycles. The van der Waals surface area contributed by atoms with Gasteiger partial charge in [-0.15, -0.1) is 11.8 Å². The monoisotopic (exact) mass is 186 g/mol. The minimum Gasteiger partial charge on any atom is -0.364 e. The maximum Gasteiger partial charge on any atom is 0.113 e. The highest BCUT2D eigenvalue weighted by Crippen LogP contribution is 2.44. The summed E-state index contributed by atoms with van der Waals surface area (Å²) in [4.78, 5) is 0.255. The van der Waals surface area contributed by atoms with Crippen LogP contribution < -0.4 is 0 Å². The normalized spacial score (nSPS) is 43.2. The van der Waals surface area contributed by atoms with Crippen LogP contribution in [0.3, 0.4) is 0 Å². The van der Waals surface area contributed by atoms with Crippen molar-refractivity contribution in [3.63, 3.8) is 0 Å². The van der Waals surface area contributed by atoms with Crippen molar-refractivity contribution in [1.82, 2.24) is 0 Å². The second-order valence-corrected chi connectivity index (χ2v) is 5.58. The molecule has 0 aromatic carbocycles. The van der Waals surface area contributed by atoms with Crippen LogP contribution in [0.15, 0.2) is 0 Å². The van der Waals surface area contributed by atoms with Gasteiger partial charge in [-0.1, -0.05) is 6.92 Å². The van der Waals surface area contributed by atoms with Crippen LogP contribution in [0, 0.1) is 5.92 Å². The van der Waals surface area contributed by atoms with Crippen molar-refractivity contribution in [2.24, 2.45) is 5.92 Å². The molecule has 1 aliphatic carbocycles. The highest BCUT2D eigenvalue weighted by atomic mass is 32.2. The topological polar surface area (TPSA) is 9.23 Å². The van der Waals surface area contributed by atoms with Crippen molar-refractivity contribution in [2.45, 2.75) is 44.0 Å². The lowest BCUT2D eigenvalue weighted by Gasteiger charge is -2.41.